The van der Waals surface area contributed by atoms with Crippen molar-refractivity contribution in [2.45, 2.75) is 283 Å². The summed E-state index contributed by atoms with van der Waals surface area (Å²) in [4.78, 5) is 25.3. The Bertz CT molecular complexity index is 1020. The van der Waals surface area contributed by atoms with Crippen LogP contribution < -0.4 is 10.2 Å². The smallest absolute Gasteiger partial charge is 0.268 e. The van der Waals surface area contributed by atoms with Crippen molar-refractivity contribution < 1.29 is 32.9 Å². The number of hydrogen-bond donors (Lipinski definition) is 2. The molecule has 0 spiro atoms. The van der Waals surface area contributed by atoms with E-state index in [-0.39, 0.29) is 19.1 Å². The maximum Gasteiger partial charge on any atom is 0.268 e. The molecular weight excluding hydrogens is 792 g/mol. The highest BCUT2D eigenvalue weighted by molar-refractivity contribution is 7.45. The van der Waals surface area contributed by atoms with E-state index < -0.39 is 20.0 Å². The second-order valence-electron chi connectivity index (χ2n) is 19.9. The lowest BCUT2D eigenvalue weighted by molar-refractivity contribution is -0.870. The van der Waals surface area contributed by atoms with Gasteiger partial charge in [-0.05, 0) is 38.5 Å². The number of aliphatic hydroxyl groups is 1. The lowest BCUT2D eigenvalue weighted by Gasteiger charge is -2.30. The summed E-state index contributed by atoms with van der Waals surface area (Å²) in [7, 11) is 1.31. The maximum atomic E-state index is 12.9. The number of quaternary nitrogens is 1. The number of aliphatic hydroxyl groups excluding tert-OH is 1. The molecule has 0 aromatic carbocycles. The van der Waals surface area contributed by atoms with E-state index in [1.54, 1.807) is 0 Å². The normalized spacial score (nSPS) is 14.1. The third-order valence-corrected chi connectivity index (χ3v) is 13.5. The van der Waals surface area contributed by atoms with Gasteiger partial charge < -0.3 is 28.8 Å². The fourth-order valence-electron chi connectivity index (χ4n) is 8.21. The molecule has 3 atom stereocenters. The topological polar surface area (TPSA) is 108 Å². The summed E-state index contributed by atoms with van der Waals surface area (Å²) in [6.07, 6.45) is 54.3. The van der Waals surface area contributed by atoms with Gasteiger partial charge in [0.2, 0.25) is 5.91 Å². The number of nitrogens with one attached hydrogen (secondary N) is 1. The van der Waals surface area contributed by atoms with Crippen molar-refractivity contribution in [3.8, 4) is 0 Å². The van der Waals surface area contributed by atoms with Gasteiger partial charge in [-0.15, -0.1) is 0 Å². The van der Waals surface area contributed by atoms with Crippen LogP contribution in [0.4, 0.5) is 0 Å². The zero-order chi connectivity index (χ0) is 45.7. The maximum absolute atomic E-state index is 12.9. The van der Waals surface area contributed by atoms with Gasteiger partial charge in [-0.2, -0.15) is 0 Å². The monoisotopic (exact) mass is 899 g/mol. The molecule has 8 nitrogen and oxygen atoms in total. The van der Waals surface area contributed by atoms with E-state index in [0.29, 0.717) is 23.9 Å². The Kier molecular flexibility index (Phi) is 44.8. The molecule has 62 heavy (non-hydrogen) atoms. The Morgan fingerprint density at radius 1 is 0.548 bits per heavy atom. The van der Waals surface area contributed by atoms with E-state index in [1.165, 1.54) is 205 Å². The van der Waals surface area contributed by atoms with E-state index in [1.807, 2.05) is 21.1 Å². The Morgan fingerprint density at radius 2 is 0.887 bits per heavy atom. The molecule has 0 saturated carbocycles. The van der Waals surface area contributed by atoms with Crippen LogP contribution in [0.5, 0.6) is 0 Å². The summed E-state index contributed by atoms with van der Waals surface area (Å²) in [5.74, 6) is -0.164. The first-order valence-corrected chi connectivity index (χ1v) is 28.5. The highest BCUT2D eigenvalue weighted by atomic mass is 31.2. The SMILES string of the molecule is CCCCCCCCCC/C=C\CCCCCCCCCCCCCCCCCCCCCCCC(=O)NC(COP(=O)([O-])OCC[N+](C)(C)C)C(O)CCCCCCCCC. The zero-order valence-corrected chi connectivity index (χ0v) is 43.0. The van der Waals surface area contributed by atoms with Crippen LogP contribution in [0.1, 0.15) is 271 Å². The van der Waals surface area contributed by atoms with Gasteiger partial charge in [0.05, 0.1) is 39.9 Å². The lowest BCUT2D eigenvalue weighted by Crippen LogP contribution is -2.46. The quantitative estimate of drug-likeness (QED) is 0.0272. The summed E-state index contributed by atoms with van der Waals surface area (Å²) in [6, 6.07) is -0.793. The third-order valence-electron chi connectivity index (χ3n) is 12.5. The van der Waals surface area contributed by atoms with E-state index in [9.17, 15) is 19.4 Å². The predicted octanol–water partition coefficient (Wildman–Crippen LogP) is 15.2. The molecule has 9 heteroatoms. The first-order chi connectivity index (χ1) is 30.0. The van der Waals surface area contributed by atoms with Gasteiger partial charge in [0, 0.05) is 6.42 Å². The number of carbonyl (C=O) groups is 1. The van der Waals surface area contributed by atoms with Crippen LogP contribution in [0.3, 0.4) is 0 Å². The molecule has 0 aliphatic rings. The summed E-state index contributed by atoms with van der Waals surface area (Å²) in [6.45, 7) is 4.69. The number of hydrogen-bond acceptors (Lipinski definition) is 6. The minimum absolute atomic E-state index is 0.0145. The Morgan fingerprint density at radius 3 is 1.26 bits per heavy atom. The average Bonchev–Trinajstić information content (AvgIpc) is 3.23. The number of amides is 1. The van der Waals surface area contributed by atoms with Crippen LogP contribution in [0, 0.1) is 0 Å². The van der Waals surface area contributed by atoms with Crippen molar-refractivity contribution in [1.29, 1.82) is 0 Å². The van der Waals surface area contributed by atoms with Gasteiger partial charge in [0.1, 0.15) is 13.2 Å². The molecule has 0 radical (unpaired) electrons. The number of nitrogens with zero attached hydrogens (tertiary/aromatic N) is 1. The van der Waals surface area contributed by atoms with Crippen molar-refractivity contribution in [1.82, 2.24) is 5.32 Å². The van der Waals surface area contributed by atoms with Gasteiger partial charge >= 0.3 is 0 Å². The molecule has 0 saturated heterocycles. The summed E-state index contributed by atoms with van der Waals surface area (Å²) >= 11 is 0. The molecule has 2 N–H and O–H groups in total. The molecule has 0 aliphatic heterocycles. The van der Waals surface area contributed by atoms with Crippen LogP contribution in [0.2, 0.25) is 0 Å². The molecule has 0 aromatic rings. The van der Waals surface area contributed by atoms with Gasteiger partial charge in [-0.1, -0.05) is 238 Å². The first-order valence-electron chi connectivity index (χ1n) is 27.0. The molecule has 0 heterocycles. The van der Waals surface area contributed by atoms with Crippen molar-refractivity contribution >= 4 is 13.7 Å². The zero-order valence-electron chi connectivity index (χ0n) is 42.1. The number of carbonyl (C=O) groups excluding carboxylic acids is 1. The van der Waals surface area contributed by atoms with E-state index >= 15 is 0 Å². The van der Waals surface area contributed by atoms with E-state index in [0.717, 1.165) is 38.5 Å². The Labute approximate surface area is 386 Å². The van der Waals surface area contributed by atoms with Crippen LogP contribution in [0.25, 0.3) is 0 Å². The largest absolute Gasteiger partial charge is 0.756 e. The number of phosphoric acid groups is 1. The fraction of sp³-hybridized carbons (Fsp3) is 0.943. The first kappa shape index (κ1) is 61.2. The number of phosphoric ester groups is 1. The summed E-state index contributed by atoms with van der Waals surface area (Å²) in [5, 5.41) is 13.8. The van der Waals surface area contributed by atoms with Crippen molar-refractivity contribution in [2.24, 2.45) is 0 Å². The summed E-state index contributed by atoms with van der Waals surface area (Å²) in [5.41, 5.74) is 0. The molecule has 1 amide bonds. The lowest BCUT2D eigenvalue weighted by atomic mass is 10.0. The Hall–Kier alpha value is -0.760. The van der Waals surface area contributed by atoms with Crippen molar-refractivity contribution in [2.75, 3.05) is 40.9 Å². The molecule has 370 valence electrons. The molecule has 0 fully saturated rings. The van der Waals surface area contributed by atoms with Crippen LogP contribution >= 0.6 is 7.82 Å². The highest BCUT2D eigenvalue weighted by Crippen LogP contribution is 2.38. The van der Waals surface area contributed by atoms with Gasteiger partial charge in [-0.25, -0.2) is 0 Å². The van der Waals surface area contributed by atoms with Crippen LogP contribution in [0.15, 0.2) is 12.2 Å². The fourth-order valence-corrected chi connectivity index (χ4v) is 8.94. The minimum atomic E-state index is -4.55. The van der Waals surface area contributed by atoms with Crippen LogP contribution in [-0.4, -0.2) is 68.5 Å². The van der Waals surface area contributed by atoms with Crippen molar-refractivity contribution in [3.63, 3.8) is 0 Å². The average molecular weight is 899 g/mol. The molecule has 0 aliphatic carbocycles. The van der Waals surface area contributed by atoms with Crippen molar-refractivity contribution in [3.05, 3.63) is 12.2 Å². The highest BCUT2D eigenvalue weighted by Gasteiger charge is 2.24. The summed E-state index contributed by atoms with van der Waals surface area (Å²) < 4.78 is 23.2. The molecule has 3 unspecified atom stereocenters. The number of allylic oxidation sites excluding steroid dienone is 2. The number of rotatable bonds is 50. The van der Waals surface area contributed by atoms with Crippen LogP contribution in [-0.2, 0) is 18.4 Å². The molecule has 0 rings (SSSR count). The molecule has 0 bridgehead atoms. The molecule has 0 aromatic heterocycles. The van der Waals surface area contributed by atoms with E-state index in [2.05, 4.69) is 31.3 Å². The number of likely N-dealkylation sites (N-methyl/N-ethyl adjacent to an activating group) is 1. The molecular formula is C53H107N2O6P. The number of unbranched alkanes of at least 4 members (excludes halogenated alkanes) is 35. The predicted molar refractivity (Wildman–Crippen MR) is 266 cm³/mol. The van der Waals surface area contributed by atoms with E-state index in [4.69, 9.17) is 9.05 Å². The van der Waals surface area contributed by atoms with Gasteiger partial charge in [0.15, 0.2) is 0 Å². The second-order valence-corrected chi connectivity index (χ2v) is 21.4. The second kappa shape index (κ2) is 45.4. The van der Waals surface area contributed by atoms with Gasteiger partial charge in [-0.3, -0.25) is 9.36 Å². The third kappa shape index (κ3) is 47.2. The standard InChI is InChI=1S/C53H107N2O6P/c1-6-8-10-12-14-15-16-17-18-19-20-21-22-23-24-25-26-27-28-29-30-31-32-33-34-35-36-37-38-39-41-43-45-47-53(57)54-51(52(56)46-44-42-40-13-11-9-7-2)50-61-62(58,59)60-49-48-55(3,4)5/h19-20,51-52,56H,6-18,21-50H2,1-5H3,(H-,54,57,58,59)/b20-19-. The van der Waals surface area contributed by atoms with Gasteiger partial charge in [0.25, 0.3) is 7.82 Å². The Balaban J connectivity index is 3.81. The minimum Gasteiger partial charge on any atom is -0.756 e.